The molecule has 7 nitrogen and oxygen atoms in total. The number of benzene rings is 2. The molecule has 0 aromatic heterocycles. The molecule has 0 radical (unpaired) electrons. The van der Waals surface area contributed by atoms with Gasteiger partial charge in [-0.15, -0.1) is 0 Å². The fourth-order valence-electron chi connectivity index (χ4n) is 4.19. The van der Waals surface area contributed by atoms with Crippen molar-refractivity contribution in [1.82, 2.24) is 4.90 Å². The smallest absolute Gasteiger partial charge is 0.411 e. The summed E-state index contributed by atoms with van der Waals surface area (Å²) >= 11 is 0. The fourth-order valence-corrected chi connectivity index (χ4v) is 4.19. The van der Waals surface area contributed by atoms with Crippen LogP contribution in [0, 0.1) is 5.41 Å². The van der Waals surface area contributed by atoms with E-state index in [4.69, 9.17) is 9.47 Å². The maximum absolute atomic E-state index is 13.1. The second-order valence-electron chi connectivity index (χ2n) is 9.42. The molecule has 1 atom stereocenters. The highest BCUT2D eigenvalue weighted by Crippen LogP contribution is 2.48. The molecule has 1 amide bonds. The average molecular weight is 440 g/mol. The molecule has 0 saturated heterocycles. The second kappa shape index (κ2) is 8.30. The highest BCUT2D eigenvalue weighted by molar-refractivity contribution is 5.91. The lowest BCUT2D eigenvalue weighted by Crippen LogP contribution is -2.57. The quantitative estimate of drug-likeness (QED) is 0.682. The molecule has 0 fully saturated rings. The summed E-state index contributed by atoms with van der Waals surface area (Å²) in [5.41, 5.74) is 0.956. The minimum Gasteiger partial charge on any atom is -0.480 e. The number of esters is 1. The summed E-state index contributed by atoms with van der Waals surface area (Å²) in [6, 6.07) is 12.7. The molecule has 0 saturated carbocycles. The highest BCUT2D eigenvalue weighted by atomic mass is 16.6. The van der Waals surface area contributed by atoms with Gasteiger partial charge in [0.25, 0.3) is 0 Å². The Kier molecular flexibility index (Phi) is 6.05. The molecule has 7 heteroatoms. The zero-order valence-corrected chi connectivity index (χ0v) is 19.2. The summed E-state index contributed by atoms with van der Waals surface area (Å²) in [4.78, 5) is 39.9. The number of carboxylic acids is 1. The SMILES string of the molecule is COC(=O)N(C1c2ccccc2-c2ccccc21)[C@@H](C(=O)O)C(C)(C)C(=O)OC(C)(C)C. The van der Waals surface area contributed by atoms with Gasteiger partial charge in [-0.25, -0.2) is 9.59 Å². The standard InChI is InChI=1S/C25H29NO6/c1-24(2,3)32-22(29)25(4,5)20(21(27)28)26(23(30)31-6)19-17-13-9-7-11-15(17)16-12-8-10-14-18(16)19/h7-14,19-20H,1-6H3,(H,27,28)/t20-/m0/s1. The number of amides is 1. The lowest BCUT2D eigenvalue weighted by molar-refractivity contribution is -0.175. The van der Waals surface area contributed by atoms with Crippen molar-refractivity contribution in [3.63, 3.8) is 0 Å². The van der Waals surface area contributed by atoms with Crippen molar-refractivity contribution in [2.24, 2.45) is 5.41 Å². The summed E-state index contributed by atoms with van der Waals surface area (Å²) < 4.78 is 10.6. The number of ether oxygens (including phenoxy) is 2. The lowest BCUT2D eigenvalue weighted by Gasteiger charge is -2.41. The van der Waals surface area contributed by atoms with E-state index in [1.54, 1.807) is 20.8 Å². The Labute approximate surface area is 187 Å². The van der Waals surface area contributed by atoms with E-state index in [9.17, 15) is 19.5 Å². The minimum absolute atomic E-state index is 0.717. The predicted molar refractivity (Wildman–Crippen MR) is 119 cm³/mol. The zero-order chi connectivity index (χ0) is 23.8. The van der Waals surface area contributed by atoms with E-state index in [2.05, 4.69) is 0 Å². The number of fused-ring (bicyclic) bond motifs is 3. The fraction of sp³-hybridized carbons (Fsp3) is 0.400. The van der Waals surface area contributed by atoms with Gasteiger partial charge in [-0.1, -0.05) is 48.5 Å². The highest BCUT2D eigenvalue weighted by Gasteiger charge is 2.53. The van der Waals surface area contributed by atoms with Crippen molar-refractivity contribution in [2.45, 2.75) is 52.3 Å². The monoisotopic (exact) mass is 439 g/mol. The first kappa shape index (κ1) is 23.3. The molecule has 32 heavy (non-hydrogen) atoms. The summed E-state index contributed by atoms with van der Waals surface area (Å²) in [5, 5.41) is 10.3. The molecule has 2 aromatic carbocycles. The summed E-state index contributed by atoms with van der Waals surface area (Å²) in [6.45, 7) is 8.07. The van der Waals surface area contributed by atoms with Crippen LogP contribution in [0.25, 0.3) is 11.1 Å². The van der Waals surface area contributed by atoms with E-state index >= 15 is 0 Å². The molecule has 3 rings (SSSR count). The van der Waals surface area contributed by atoms with E-state index in [0.717, 1.165) is 27.2 Å². The first-order valence-electron chi connectivity index (χ1n) is 10.4. The number of nitrogens with zero attached hydrogens (tertiary/aromatic N) is 1. The van der Waals surface area contributed by atoms with Gasteiger partial charge in [-0.05, 0) is 56.9 Å². The largest absolute Gasteiger partial charge is 0.480 e. The van der Waals surface area contributed by atoms with Crippen molar-refractivity contribution in [2.75, 3.05) is 7.11 Å². The Balaban J connectivity index is 2.20. The molecule has 0 heterocycles. The van der Waals surface area contributed by atoms with Crippen molar-refractivity contribution in [3.05, 3.63) is 59.7 Å². The molecule has 1 N–H and O–H groups in total. The Morgan fingerprint density at radius 1 is 0.906 bits per heavy atom. The number of rotatable bonds is 5. The Bertz CT molecular complexity index is 1010. The molecule has 0 unspecified atom stereocenters. The van der Waals surface area contributed by atoms with Crippen LogP contribution in [0.1, 0.15) is 51.8 Å². The Morgan fingerprint density at radius 3 is 1.78 bits per heavy atom. The van der Waals surface area contributed by atoms with Crippen LogP contribution in [0.4, 0.5) is 4.79 Å². The van der Waals surface area contributed by atoms with Gasteiger partial charge in [0.2, 0.25) is 0 Å². The molecule has 0 bridgehead atoms. The van der Waals surface area contributed by atoms with Crippen molar-refractivity contribution >= 4 is 18.0 Å². The van der Waals surface area contributed by atoms with Crippen molar-refractivity contribution < 1.29 is 29.0 Å². The van der Waals surface area contributed by atoms with Crippen LogP contribution < -0.4 is 0 Å². The van der Waals surface area contributed by atoms with Gasteiger partial charge >= 0.3 is 18.0 Å². The third-order valence-corrected chi connectivity index (χ3v) is 5.59. The predicted octanol–water partition coefficient (Wildman–Crippen LogP) is 4.65. The first-order chi connectivity index (χ1) is 14.9. The third kappa shape index (κ3) is 4.07. The maximum atomic E-state index is 13.1. The second-order valence-corrected chi connectivity index (χ2v) is 9.42. The molecule has 1 aliphatic rings. The number of aliphatic carboxylic acids is 1. The Morgan fingerprint density at radius 2 is 1.38 bits per heavy atom. The molecule has 0 spiro atoms. The van der Waals surface area contributed by atoms with Crippen LogP contribution in [-0.4, -0.2) is 46.8 Å². The summed E-state index contributed by atoms with van der Waals surface area (Å²) in [5.74, 6) is -2.04. The van der Waals surface area contributed by atoms with Crippen LogP contribution >= 0.6 is 0 Å². The van der Waals surface area contributed by atoms with E-state index < -0.39 is 41.1 Å². The number of carbonyl (C=O) groups is 3. The minimum atomic E-state index is -1.57. The third-order valence-electron chi connectivity index (χ3n) is 5.59. The number of methoxy groups -OCH3 is 1. The van der Waals surface area contributed by atoms with Crippen LogP contribution in [0.3, 0.4) is 0 Å². The van der Waals surface area contributed by atoms with E-state index in [1.807, 2.05) is 48.5 Å². The molecular formula is C25H29NO6. The zero-order valence-electron chi connectivity index (χ0n) is 19.2. The summed E-state index contributed by atoms with van der Waals surface area (Å²) in [7, 11) is 1.20. The molecule has 170 valence electrons. The van der Waals surface area contributed by atoms with Gasteiger partial charge in [0.1, 0.15) is 11.6 Å². The van der Waals surface area contributed by atoms with E-state index in [-0.39, 0.29) is 0 Å². The van der Waals surface area contributed by atoms with Gasteiger partial charge < -0.3 is 14.6 Å². The van der Waals surface area contributed by atoms with Crippen LogP contribution in [-0.2, 0) is 19.1 Å². The number of carboxylic acid groups (broad SMARTS) is 1. The van der Waals surface area contributed by atoms with Crippen molar-refractivity contribution in [3.8, 4) is 11.1 Å². The van der Waals surface area contributed by atoms with Crippen molar-refractivity contribution in [1.29, 1.82) is 0 Å². The number of carbonyl (C=O) groups excluding carboxylic acids is 2. The summed E-state index contributed by atoms with van der Waals surface area (Å²) in [6.07, 6.45) is -0.842. The normalized spacial score (nSPS) is 14.2. The van der Waals surface area contributed by atoms with Gasteiger partial charge in [0, 0.05) is 0 Å². The van der Waals surface area contributed by atoms with Crippen LogP contribution in [0.2, 0.25) is 0 Å². The van der Waals surface area contributed by atoms with Crippen LogP contribution in [0.5, 0.6) is 0 Å². The number of hydrogen-bond acceptors (Lipinski definition) is 5. The van der Waals surface area contributed by atoms with E-state index in [1.165, 1.54) is 21.0 Å². The first-order valence-corrected chi connectivity index (χ1v) is 10.4. The average Bonchev–Trinajstić information content (AvgIpc) is 3.04. The lowest BCUT2D eigenvalue weighted by atomic mass is 9.81. The molecule has 2 aromatic rings. The van der Waals surface area contributed by atoms with Gasteiger partial charge in [0.15, 0.2) is 0 Å². The molecular weight excluding hydrogens is 410 g/mol. The number of hydrogen-bond donors (Lipinski definition) is 1. The van der Waals surface area contributed by atoms with E-state index in [0.29, 0.717) is 0 Å². The maximum Gasteiger partial charge on any atom is 0.411 e. The molecule has 1 aliphatic carbocycles. The van der Waals surface area contributed by atoms with Gasteiger partial charge in [0.05, 0.1) is 18.6 Å². The van der Waals surface area contributed by atoms with Gasteiger partial charge in [-0.3, -0.25) is 9.69 Å². The molecule has 0 aliphatic heterocycles. The topological polar surface area (TPSA) is 93.1 Å². The van der Waals surface area contributed by atoms with Crippen LogP contribution in [0.15, 0.2) is 48.5 Å². The Hall–Kier alpha value is -3.35. The van der Waals surface area contributed by atoms with Gasteiger partial charge in [-0.2, -0.15) is 0 Å².